The Kier molecular flexibility index (Phi) is 3.52. The van der Waals surface area contributed by atoms with E-state index in [0.717, 1.165) is 16.4 Å². The van der Waals surface area contributed by atoms with Gasteiger partial charge in [-0.25, -0.2) is 17.2 Å². The smallest absolute Gasteiger partial charge is 0.246 e. The van der Waals surface area contributed by atoms with Gasteiger partial charge < -0.3 is 10.8 Å². The minimum Gasteiger partial charge on any atom is -0.399 e. The number of rotatable bonds is 3. The fourth-order valence-electron chi connectivity index (χ4n) is 2.01. The molecule has 8 heteroatoms. The molecule has 0 saturated carbocycles. The maximum Gasteiger partial charge on any atom is 0.246 e. The van der Waals surface area contributed by atoms with Crippen LogP contribution in [0, 0.1) is 17.6 Å². The molecule has 0 radical (unpaired) electrons. The molecule has 1 aromatic rings. The third-order valence-corrected chi connectivity index (χ3v) is 5.40. The van der Waals surface area contributed by atoms with Crippen LogP contribution in [-0.4, -0.2) is 36.5 Å². The third kappa shape index (κ3) is 2.27. The summed E-state index contributed by atoms with van der Waals surface area (Å²) in [4.78, 5) is -0.805. The van der Waals surface area contributed by atoms with Crippen LogP contribution in [0.1, 0.15) is 13.8 Å². The van der Waals surface area contributed by atoms with Crippen LogP contribution in [0.25, 0.3) is 0 Å². The maximum absolute atomic E-state index is 13.7. The maximum atomic E-state index is 13.7. The number of aliphatic hydroxyl groups is 1. The second-order valence-corrected chi connectivity index (χ2v) is 7.25. The fraction of sp³-hybridized carbons (Fsp3) is 0.500. The molecule has 2 rings (SSSR count). The van der Waals surface area contributed by atoms with Gasteiger partial charge >= 0.3 is 0 Å². The minimum absolute atomic E-state index is 0.142. The van der Waals surface area contributed by atoms with Crippen molar-refractivity contribution in [3.05, 3.63) is 23.8 Å². The predicted molar refractivity (Wildman–Crippen MR) is 69.3 cm³/mol. The van der Waals surface area contributed by atoms with Gasteiger partial charge in [-0.1, -0.05) is 13.8 Å². The van der Waals surface area contributed by atoms with Gasteiger partial charge in [-0.3, -0.25) is 0 Å². The zero-order valence-electron chi connectivity index (χ0n) is 11.1. The Labute approximate surface area is 116 Å². The highest BCUT2D eigenvalue weighted by Crippen LogP contribution is 2.34. The second-order valence-electron chi connectivity index (χ2n) is 5.35. The van der Waals surface area contributed by atoms with E-state index in [1.54, 1.807) is 13.8 Å². The van der Waals surface area contributed by atoms with Gasteiger partial charge in [0.25, 0.3) is 0 Å². The molecule has 3 N–H and O–H groups in total. The molecule has 112 valence electrons. The van der Waals surface area contributed by atoms with Crippen molar-refractivity contribution < 1.29 is 22.3 Å². The lowest BCUT2D eigenvalue weighted by Crippen LogP contribution is -2.65. The molecule has 0 atom stereocenters. The van der Waals surface area contributed by atoms with Crippen LogP contribution in [0.3, 0.4) is 0 Å². The fourth-order valence-corrected chi connectivity index (χ4v) is 3.68. The van der Waals surface area contributed by atoms with Crippen molar-refractivity contribution in [2.45, 2.75) is 24.3 Å². The minimum atomic E-state index is -4.20. The SMILES string of the molecule is CC(C)C1(O)CN(S(=O)(=O)c2cc(N)cc(F)c2F)C1. The Morgan fingerprint density at radius 2 is 1.90 bits per heavy atom. The number of sulfonamides is 1. The summed E-state index contributed by atoms with van der Waals surface area (Å²) < 4.78 is 52.2. The Balaban J connectivity index is 2.35. The first-order valence-corrected chi connectivity index (χ1v) is 7.49. The first-order chi connectivity index (χ1) is 9.08. The van der Waals surface area contributed by atoms with Crippen molar-refractivity contribution in [2.24, 2.45) is 5.92 Å². The Morgan fingerprint density at radius 1 is 1.35 bits per heavy atom. The van der Waals surface area contributed by atoms with E-state index in [1.165, 1.54) is 0 Å². The quantitative estimate of drug-likeness (QED) is 0.814. The number of halogens is 2. The largest absolute Gasteiger partial charge is 0.399 e. The summed E-state index contributed by atoms with van der Waals surface area (Å²) in [5.41, 5.74) is 4.03. The number of anilines is 1. The molecule has 1 aliphatic rings. The van der Waals surface area contributed by atoms with E-state index in [4.69, 9.17) is 5.73 Å². The summed E-state index contributed by atoms with van der Waals surface area (Å²) in [5.74, 6) is -2.92. The van der Waals surface area contributed by atoms with Gasteiger partial charge in [-0.2, -0.15) is 4.31 Å². The van der Waals surface area contributed by atoms with Crippen LogP contribution in [-0.2, 0) is 10.0 Å². The van der Waals surface area contributed by atoms with Crippen LogP contribution >= 0.6 is 0 Å². The normalized spacial score (nSPS) is 19.1. The number of nitrogens with two attached hydrogens (primary N) is 1. The lowest BCUT2D eigenvalue weighted by atomic mass is 9.85. The third-order valence-electron chi connectivity index (χ3n) is 3.61. The van der Waals surface area contributed by atoms with Gasteiger partial charge in [-0.15, -0.1) is 0 Å². The highest BCUT2D eigenvalue weighted by molar-refractivity contribution is 7.89. The van der Waals surface area contributed by atoms with Crippen molar-refractivity contribution in [1.29, 1.82) is 0 Å². The Morgan fingerprint density at radius 3 is 2.40 bits per heavy atom. The first kappa shape index (κ1) is 15.1. The van der Waals surface area contributed by atoms with Gasteiger partial charge in [0.1, 0.15) is 4.90 Å². The highest BCUT2D eigenvalue weighted by atomic mass is 32.2. The molecule has 0 spiro atoms. The van der Waals surface area contributed by atoms with E-state index in [1.807, 2.05) is 0 Å². The molecule has 0 unspecified atom stereocenters. The van der Waals surface area contributed by atoms with Gasteiger partial charge in [0.15, 0.2) is 11.6 Å². The van der Waals surface area contributed by atoms with E-state index in [2.05, 4.69) is 0 Å². The van der Waals surface area contributed by atoms with Gasteiger partial charge in [-0.05, 0) is 18.1 Å². The topological polar surface area (TPSA) is 83.6 Å². The monoisotopic (exact) mass is 306 g/mol. The van der Waals surface area contributed by atoms with E-state index >= 15 is 0 Å². The number of β-amino-alcohol motifs (C(OH)–C–C–N with tert-alkyl or cyclic N) is 1. The number of hydrogen-bond acceptors (Lipinski definition) is 4. The average Bonchev–Trinajstić information content (AvgIpc) is 2.29. The molecule has 1 aliphatic heterocycles. The van der Waals surface area contributed by atoms with Crippen LogP contribution < -0.4 is 5.73 Å². The zero-order valence-corrected chi connectivity index (χ0v) is 11.9. The summed E-state index contributed by atoms with van der Waals surface area (Å²) in [6, 6.07) is 1.59. The zero-order chi connectivity index (χ0) is 15.3. The van der Waals surface area contributed by atoms with Gasteiger partial charge in [0, 0.05) is 18.8 Å². The molecule has 0 bridgehead atoms. The molecule has 1 heterocycles. The molecule has 1 saturated heterocycles. The Bertz CT molecular complexity index is 640. The molecule has 1 fully saturated rings. The van der Waals surface area contributed by atoms with Crippen molar-refractivity contribution >= 4 is 15.7 Å². The molecule has 0 aromatic heterocycles. The number of hydrogen-bond donors (Lipinski definition) is 2. The lowest BCUT2D eigenvalue weighted by molar-refractivity contribution is -0.0933. The molecular formula is C12H16F2N2O3S. The van der Waals surface area contributed by atoms with Crippen LogP contribution in [0.5, 0.6) is 0 Å². The van der Waals surface area contributed by atoms with E-state index in [9.17, 15) is 22.3 Å². The molecule has 0 amide bonds. The van der Waals surface area contributed by atoms with Crippen molar-refractivity contribution in [3.63, 3.8) is 0 Å². The van der Waals surface area contributed by atoms with E-state index < -0.39 is 32.2 Å². The molecule has 0 aliphatic carbocycles. The molecule has 20 heavy (non-hydrogen) atoms. The van der Waals surface area contributed by atoms with Crippen LogP contribution in [0.15, 0.2) is 17.0 Å². The van der Waals surface area contributed by atoms with Gasteiger partial charge in [0.2, 0.25) is 10.0 Å². The van der Waals surface area contributed by atoms with Gasteiger partial charge in [0.05, 0.1) is 5.60 Å². The van der Waals surface area contributed by atoms with Crippen LogP contribution in [0.2, 0.25) is 0 Å². The summed E-state index contributed by atoms with van der Waals surface area (Å²) in [6.45, 7) is 3.21. The molecule has 5 nitrogen and oxygen atoms in total. The Hall–Kier alpha value is -1.25. The summed E-state index contributed by atoms with van der Waals surface area (Å²) in [5, 5.41) is 10.0. The van der Waals surface area contributed by atoms with Crippen molar-refractivity contribution in [2.75, 3.05) is 18.8 Å². The number of nitrogen functional groups attached to an aromatic ring is 1. The van der Waals surface area contributed by atoms with E-state index in [0.29, 0.717) is 0 Å². The number of benzene rings is 1. The summed E-state index contributed by atoms with van der Waals surface area (Å²) in [6.07, 6.45) is 0. The van der Waals surface area contributed by atoms with E-state index in [-0.39, 0.29) is 24.7 Å². The van der Waals surface area contributed by atoms with Crippen molar-refractivity contribution in [1.82, 2.24) is 4.31 Å². The average molecular weight is 306 g/mol. The summed E-state index contributed by atoms with van der Waals surface area (Å²) in [7, 11) is -4.20. The second kappa shape index (κ2) is 4.64. The highest BCUT2D eigenvalue weighted by Gasteiger charge is 2.49. The van der Waals surface area contributed by atoms with Crippen LogP contribution in [0.4, 0.5) is 14.5 Å². The first-order valence-electron chi connectivity index (χ1n) is 6.05. The molecule has 1 aromatic carbocycles. The summed E-state index contributed by atoms with van der Waals surface area (Å²) >= 11 is 0. The predicted octanol–water partition coefficient (Wildman–Crippen LogP) is 0.938. The standard InChI is InChI=1S/C12H16F2N2O3S/c1-7(2)12(17)5-16(6-12)20(18,19)10-4-8(15)3-9(13)11(10)14/h3-4,7,17H,5-6,15H2,1-2H3. The lowest BCUT2D eigenvalue weighted by Gasteiger charge is -2.47. The number of nitrogens with zero attached hydrogens (tertiary/aromatic N) is 1. The van der Waals surface area contributed by atoms with Crippen molar-refractivity contribution in [3.8, 4) is 0 Å². The molecular weight excluding hydrogens is 290 g/mol.